The maximum absolute atomic E-state index is 5.35. The first-order valence-electron chi connectivity index (χ1n) is 18.6. The van der Waals surface area contributed by atoms with Crippen LogP contribution in [-0.4, -0.2) is 19.1 Å². The van der Waals surface area contributed by atoms with Gasteiger partial charge in [0.25, 0.3) is 0 Å². The van der Waals surface area contributed by atoms with Crippen molar-refractivity contribution in [3.63, 3.8) is 0 Å². The molecule has 0 amide bonds. The van der Waals surface area contributed by atoms with Crippen molar-refractivity contribution in [3.8, 4) is 45.1 Å². The molecule has 0 radical (unpaired) electrons. The fourth-order valence-corrected chi connectivity index (χ4v) is 8.77. The van der Waals surface area contributed by atoms with Gasteiger partial charge < -0.3 is 9.13 Å². The third kappa shape index (κ3) is 4.84. The lowest BCUT2D eigenvalue weighted by Crippen LogP contribution is -2.02. The van der Waals surface area contributed by atoms with Crippen LogP contribution in [0.15, 0.2) is 158 Å². The van der Waals surface area contributed by atoms with Gasteiger partial charge in [0, 0.05) is 55.8 Å². The van der Waals surface area contributed by atoms with Crippen LogP contribution in [0.25, 0.3) is 88.8 Å². The number of nitrogens with zero attached hydrogens (tertiary/aromatic N) is 4. The van der Waals surface area contributed by atoms with Crippen LogP contribution in [0.2, 0.25) is 0 Å². The number of aromatic nitrogens is 4. The highest BCUT2D eigenvalue weighted by Crippen LogP contribution is 2.39. The third-order valence-electron chi connectivity index (χ3n) is 11.2. The van der Waals surface area contributed by atoms with Gasteiger partial charge in [-0.05, 0) is 111 Å². The molecule has 4 nitrogen and oxygen atoms in total. The molecule has 0 atom stereocenters. The topological polar surface area (TPSA) is 35.6 Å². The maximum atomic E-state index is 5.35. The second-order valence-corrected chi connectivity index (χ2v) is 14.4. The van der Waals surface area contributed by atoms with Crippen molar-refractivity contribution in [1.82, 2.24) is 19.1 Å². The summed E-state index contributed by atoms with van der Waals surface area (Å²) in [4.78, 5) is 10.3. The molecule has 4 heteroatoms. The molecule has 4 heterocycles. The molecule has 4 aromatic heterocycles. The summed E-state index contributed by atoms with van der Waals surface area (Å²) < 4.78 is 4.80. The van der Waals surface area contributed by atoms with E-state index < -0.39 is 0 Å². The van der Waals surface area contributed by atoms with E-state index in [1.807, 2.05) is 6.20 Å². The smallest absolute Gasteiger partial charge is 0.0715 e. The van der Waals surface area contributed by atoms with Crippen LogP contribution in [0, 0.1) is 27.7 Å². The van der Waals surface area contributed by atoms with Gasteiger partial charge in [0.15, 0.2) is 0 Å². The van der Waals surface area contributed by atoms with Crippen LogP contribution in [0.3, 0.4) is 0 Å². The Bertz CT molecular complexity index is 2790. The van der Waals surface area contributed by atoms with Crippen molar-refractivity contribution in [2.75, 3.05) is 0 Å². The van der Waals surface area contributed by atoms with Crippen LogP contribution in [0.5, 0.6) is 0 Å². The Hall–Kier alpha value is -6.78. The van der Waals surface area contributed by atoms with Crippen molar-refractivity contribution in [2.45, 2.75) is 27.7 Å². The Morgan fingerprint density at radius 1 is 0.389 bits per heavy atom. The fraction of sp³-hybridized carbons (Fsp3) is 0.0800. The number of hydrogen-bond donors (Lipinski definition) is 0. The normalized spacial score (nSPS) is 11.7. The van der Waals surface area contributed by atoms with Crippen LogP contribution in [0.4, 0.5) is 0 Å². The van der Waals surface area contributed by atoms with E-state index in [2.05, 4.69) is 188 Å². The first-order valence-corrected chi connectivity index (χ1v) is 18.6. The molecule has 6 aromatic carbocycles. The second-order valence-electron chi connectivity index (χ2n) is 14.4. The quantitative estimate of drug-likeness (QED) is 0.180. The van der Waals surface area contributed by atoms with E-state index in [1.54, 1.807) is 0 Å². The number of aryl methyl sites for hydroxylation is 2. The molecule has 0 fully saturated rings. The molecule has 258 valence electrons. The molecule has 0 N–H and O–H groups in total. The van der Waals surface area contributed by atoms with E-state index in [-0.39, 0.29) is 0 Å². The molecule has 10 rings (SSSR count). The molecule has 54 heavy (non-hydrogen) atoms. The summed E-state index contributed by atoms with van der Waals surface area (Å²) in [5, 5.41) is 5.03. The van der Waals surface area contributed by atoms with Crippen LogP contribution in [0.1, 0.15) is 22.3 Å². The third-order valence-corrected chi connectivity index (χ3v) is 11.2. The Morgan fingerprint density at radius 3 is 1.30 bits per heavy atom. The highest BCUT2D eigenvalue weighted by atomic mass is 15.0. The van der Waals surface area contributed by atoms with Gasteiger partial charge in [-0.15, -0.1) is 0 Å². The van der Waals surface area contributed by atoms with Gasteiger partial charge in [0.2, 0.25) is 0 Å². The summed E-state index contributed by atoms with van der Waals surface area (Å²) in [6, 6.07) is 54.3. The molecule has 10 aromatic rings. The number of para-hydroxylation sites is 4. The molecule has 0 saturated heterocycles. The van der Waals surface area contributed by atoms with Crippen molar-refractivity contribution in [1.29, 1.82) is 0 Å². The molecule has 0 aliphatic rings. The molecule has 0 unspecified atom stereocenters. The van der Waals surface area contributed by atoms with E-state index in [4.69, 9.17) is 9.97 Å². The zero-order valence-corrected chi connectivity index (χ0v) is 30.8. The minimum absolute atomic E-state index is 0.922. The predicted molar refractivity (Wildman–Crippen MR) is 226 cm³/mol. The Kier molecular flexibility index (Phi) is 7.34. The lowest BCUT2D eigenvalue weighted by molar-refractivity contribution is 1.14. The van der Waals surface area contributed by atoms with Crippen LogP contribution in [-0.2, 0) is 0 Å². The van der Waals surface area contributed by atoms with Gasteiger partial charge in [-0.3, -0.25) is 4.98 Å². The highest BCUT2D eigenvalue weighted by molar-refractivity contribution is 6.10. The summed E-state index contributed by atoms with van der Waals surface area (Å²) in [5.74, 6) is 0. The molecule has 0 aliphatic heterocycles. The van der Waals surface area contributed by atoms with Gasteiger partial charge in [0.05, 0.1) is 39.1 Å². The lowest BCUT2D eigenvalue weighted by atomic mass is 9.95. The Morgan fingerprint density at radius 2 is 0.815 bits per heavy atom. The molecule has 0 spiro atoms. The van der Waals surface area contributed by atoms with E-state index in [9.17, 15) is 0 Å². The van der Waals surface area contributed by atoms with Crippen LogP contribution < -0.4 is 0 Å². The van der Waals surface area contributed by atoms with Gasteiger partial charge in [-0.2, -0.15) is 0 Å². The van der Waals surface area contributed by atoms with Gasteiger partial charge >= 0.3 is 0 Å². The average Bonchev–Trinajstić information content (AvgIpc) is 3.72. The van der Waals surface area contributed by atoms with E-state index >= 15 is 0 Å². The summed E-state index contributed by atoms with van der Waals surface area (Å²) >= 11 is 0. The number of rotatable bonds is 5. The van der Waals surface area contributed by atoms with Gasteiger partial charge in [-0.1, -0.05) is 91.0 Å². The monoisotopic (exact) mass is 694 g/mol. The van der Waals surface area contributed by atoms with Crippen molar-refractivity contribution in [3.05, 3.63) is 180 Å². The zero-order chi connectivity index (χ0) is 36.5. The van der Waals surface area contributed by atoms with Crippen LogP contribution >= 0.6 is 0 Å². The highest BCUT2D eigenvalue weighted by Gasteiger charge is 2.20. The summed E-state index contributed by atoms with van der Waals surface area (Å²) in [7, 11) is 0. The van der Waals surface area contributed by atoms with Crippen molar-refractivity contribution >= 4 is 43.6 Å². The zero-order valence-electron chi connectivity index (χ0n) is 30.8. The molecule has 0 bridgehead atoms. The van der Waals surface area contributed by atoms with Gasteiger partial charge in [-0.25, -0.2) is 4.98 Å². The molecule has 0 saturated carbocycles. The van der Waals surface area contributed by atoms with E-state index in [1.165, 1.54) is 71.6 Å². The van der Waals surface area contributed by atoms with E-state index in [0.717, 1.165) is 39.5 Å². The van der Waals surface area contributed by atoms with Crippen molar-refractivity contribution < 1.29 is 0 Å². The largest absolute Gasteiger partial charge is 0.309 e. The Balaban J connectivity index is 1.09. The lowest BCUT2D eigenvalue weighted by Gasteiger charge is -2.18. The fourth-order valence-electron chi connectivity index (χ4n) is 8.77. The number of hydrogen-bond acceptors (Lipinski definition) is 2. The first kappa shape index (κ1) is 31.9. The second kappa shape index (κ2) is 12.4. The molecular formula is C50H38N4. The summed E-state index contributed by atoms with van der Waals surface area (Å²) in [6.07, 6.45) is 1.92. The van der Waals surface area contributed by atoms with Crippen molar-refractivity contribution in [2.24, 2.45) is 0 Å². The summed E-state index contributed by atoms with van der Waals surface area (Å²) in [5.41, 5.74) is 18.1. The standard InChI is InChI=1S/C50H38N4/c1-31-24-26-43(53-45-20-9-5-14-36(45)37-15-6-10-21-46(37)53)33(3)49(31)41-19-13-18-40(52-41)35-28-29-51-42(30-35)50-32(2)25-27-44(34(50)4)54-47-22-11-7-16-38(47)39-17-8-12-23-48(39)54/h5-30H,1-4H3. The maximum Gasteiger partial charge on any atom is 0.0715 e. The summed E-state index contributed by atoms with van der Waals surface area (Å²) in [6.45, 7) is 8.83. The molecule has 0 aliphatic carbocycles. The minimum atomic E-state index is 0.922. The molecular weight excluding hydrogens is 657 g/mol. The SMILES string of the molecule is Cc1ccc(-n2c3ccccc3c3ccccc32)c(C)c1-c1cc(-c2cccc(-c3c(C)ccc(-n4c5ccccc5c5ccccc54)c3C)n2)ccn1. The van der Waals surface area contributed by atoms with E-state index in [0.29, 0.717) is 0 Å². The number of pyridine rings is 2. The first-order chi connectivity index (χ1) is 26.5. The Labute approximate surface area is 314 Å². The number of benzene rings is 6. The van der Waals surface area contributed by atoms with Gasteiger partial charge in [0.1, 0.15) is 0 Å². The minimum Gasteiger partial charge on any atom is -0.309 e. The average molecular weight is 695 g/mol. The predicted octanol–water partition coefficient (Wildman–Crippen LogP) is 12.9. The number of fused-ring (bicyclic) bond motifs is 6.